The second kappa shape index (κ2) is 3.11. The van der Waals surface area contributed by atoms with E-state index < -0.39 is 0 Å². The highest BCUT2D eigenvalue weighted by molar-refractivity contribution is 7.79. The molecule has 0 bridgehead atoms. The summed E-state index contributed by atoms with van der Waals surface area (Å²) in [4.78, 5) is 8.36. The summed E-state index contributed by atoms with van der Waals surface area (Å²) in [6.07, 6.45) is 3.40. The lowest BCUT2D eigenvalue weighted by Gasteiger charge is -1.97. The standard InChI is InChI=1S/C9H8N2S/c12-6-7-1-2-8-9(5-7)11-4-3-10-8/h1-5,12H,6H2. The molecule has 2 rings (SSSR count). The van der Waals surface area contributed by atoms with Gasteiger partial charge in [0.05, 0.1) is 11.0 Å². The zero-order valence-corrected chi connectivity index (χ0v) is 7.33. The van der Waals surface area contributed by atoms with E-state index in [9.17, 15) is 0 Å². The third-order valence-corrected chi connectivity index (χ3v) is 2.08. The summed E-state index contributed by atoms with van der Waals surface area (Å²) in [7, 11) is 0. The van der Waals surface area contributed by atoms with Crippen molar-refractivity contribution in [3.8, 4) is 0 Å². The van der Waals surface area contributed by atoms with Crippen LogP contribution in [0.15, 0.2) is 30.6 Å². The maximum Gasteiger partial charge on any atom is 0.0889 e. The van der Waals surface area contributed by atoms with Gasteiger partial charge in [0, 0.05) is 18.1 Å². The molecule has 0 N–H and O–H groups in total. The molecule has 0 amide bonds. The fourth-order valence-electron chi connectivity index (χ4n) is 1.11. The third kappa shape index (κ3) is 1.28. The molecule has 1 aromatic carbocycles. The average molecular weight is 176 g/mol. The molecule has 2 aromatic rings. The van der Waals surface area contributed by atoms with Crippen molar-refractivity contribution in [1.29, 1.82) is 0 Å². The normalized spacial score (nSPS) is 10.4. The van der Waals surface area contributed by atoms with Gasteiger partial charge in [0.2, 0.25) is 0 Å². The van der Waals surface area contributed by atoms with E-state index in [4.69, 9.17) is 0 Å². The second-order valence-corrected chi connectivity index (χ2v) is 2.85. The first-order chi connectivity index (χ1) is 5.90. The van der Waals surface area contributed by atoms with Crippen molar-refractivity contribution in [3.63, 3.8) is 0 Å². The number of rotatable bonds is 1. The molecule has 0 radical (unpaired) electrons. The van der Waals surface area contributed by atoms with Gasteiger partial charge >= 0.3 is 0 Å². The van der Waals surface area contributed by atoms with Gasteiger partial charge in [-0.15, -0.1) is 0 Å². The number of aromatic nitrogens is 2. The van der Waals surface area contributed by atoms with Crippen molar-refractivity contribution in [2.45, 2.75) is 5.75 Å². The van der Waals surface area contributed by atoms with Gasteiger partial charge in [0.25, 0.3) is 0 Å². The van der Waals surface area contributed by atoms with E-state index in [1.165, 1.54) is 5.56 Å². The Bertz CT molecular complexity index is 400. The monoisotopic (exact) mass is 176 g/mol. The molecule has 0 saturated heterocycles. The summed E-state index contributed by atoms with van der Waals surface area (Å²) in [5.74, 6) is 0.743. The highest BCUT2D eigenvalue weighted by Gasteiger charge is 1.95. The molecule has 0 unspecified atom stereocenters. The van der Waals surface area contributed by atoms with Crippen LogP contribution in [0.4, 0.5) is 0 Å². The Balaban J connectivity index is 2.67. The lowest BCUT2D eigenvalue weighted by atomic mass is 10.2. The molecule has 1 aromatic heterocycles. The predicted octanol–water partition coefficient (Wildman–Crippen LogP) is 2.06. The van der Waals surface area contributed by atoms with Crippen LogP contribution in [0.3, 0.4) is 0 Å². The maximum atomic E-state index is 4.19. The molecule has 0 atom stereocenters. The Kier molecular flexibility index (Phi) is 1.96. The van der Waals surface area contributed by atoms with Gasteiger partial charge in [0.15, 0.2) is 0 Å². The zero-order chi connectivity index (χ0) is 8.39. The van der Waals surface area contributed by atoms with Gasteiger partial charge in [-0.25, -0.2) is 0 Å². The van der Waals surface area contributed by atoms with Gasteiger partial charge in [-0.1, -0.05) is 6.07 Å². The smallest absolute Gasteiger partial charge is 0.0889 e. The summed E-state index contributed by atoms with van der Waals surface area (Å²) in [5.41, 5.74) is 3.04. The number of thiol groups is 1. The molecule has 1 heterocycles. The van der Waals surface area contributed by atoms with Crippen molar-refractivity contribution in [3.05, 3.63) is 36.2 Å². The van der Waals surface area contributed by atoms with E-state index in [2.05, 4.69) is 22.6 Å². The topological polar surface area (TPSA) is 25.8 Å². The molecule has 3 heteroatoms. The predicted molar refractivity (Wildman–Crippen MR) is 52.2 cm³/mol. The molecule has 12 heavy (non-hydrogen) atoms. The van der Waals surface area contributed by atoms with E-state index in [0.717, 1.165) is 16.8 Å². The summed E-state index contributed by atoms with van der Waals surface area (Å²) in [6, 6.07) is 5.99. The molecule has 0 aliphatic heterocycles. The highest BCUT2D eigenvalue weighted by Crippen LogP contribution is 2.11. The van der Waals surface area contributed by atoms with Crippen LogP contribution in [0, 0.1) is 0 Å². The Labute approximate surface area is 76.1 Å². The Morgan fingerprint density at radius 1 is 1.08 bits per heavy atom. The van der Waals surface area contributed by atoms with Crippen LogP contribution in [0.5, 0.6) is 0 Å². The van der Waals surface area contributed by atoms with Crippen LogP contribution < -0.4 is 0 Å². The Morgan fingerprint density at radius 3 is 2.58 bits per heavy atom. The first-order valence-corrected chi connectivity index (χ1v) is 4.34. The van der Waals surface area contributed by atoms with Crippen LogP contribution >= 0.6 is 12.6 Å². The number of hydrogen-bond donors (Lipinski definition) is 1. The van der Waals surface area contributed by atoms with E-state index >= 15 is 0 Å². The third-order valence-electron chi connectivity index (χ3n) is 1.72. The number of nitrogens with zero attached hydrogens (tertiary/aromatic N) is 2. The Morgan fingerprint density at radius 2 is 1.83 bits per heavy atom. The first kappa shape index (κ1) is 7.55. The quantitative estimate of drug-likeness (QED) is 0.673. The molecule has 0 aliphatic carbocycles. The van der Waals surface area contributed by atoms with Crippen LogP contribution in [-0.4, -0.2) is 9.97 Å². The fraction of sp³-hybridized carbons (Fsp3) is 0.111. The molecule has 0 fully saturated rings. The number of hydrogen-bond acceptors (Lipinski definition) is 3. The van der Waals surface area contributed by atoms with Crippen molar-refractivity contribution < 1.29 is 0 Å². The van der Waals surface area contributed by atoms with E-state index in [1.54, 1.807) is 12.4 Å². The molecule has 0 aliphatic rings. The lowest BCUT2D eigenvalue weighted by molar-refractivity contribution is 1.28. The molecular formula is C9H8N2S. The Hall–Kier alpha value is -1.09. The van der Waals surface area contributed by atoms with E-state index in [0.29, 0.717) is 0 Å². The molecule has 2 nitrogen and oxygen atoms in total. The SMILES string of the molecule is SCc1ccc2nccnc2c1. The molecule has 60 valence electrons. The average Bonchev–Trinajstić information content (AvgIpc) is 2.17. The summed E-state index contributed by atoms with van der Waals surface area (Å²) < 4.78 is 0. The summed E-state index contributed by atoms with van der Waals surface area (Å²) in [5, 5.41) is 0. The van der Waals surface area contributed by atoms with Gasteiger partial charge in [0.1, 0.15) is 0 Å². The minimum absolute atomic E-state index is 0.743. The van der Waals surface area contributed by atoms with Crippen molar-refractivity contribution in [1.82, 2.24) is 9.97 Å². The van der Waals surface area contributed by atoms with Crippen molar-refractivity contribution >= 4 is 23.7 Å². The van der Waals surface area contributed by atoms with Gasteiger partial charge < -0.3 is 0 Å². The van der Waals surface area contributed by atoms with E-state index in [1.807, 2.05) is 18.2 Å². The van der Waals surface area contributed by atoms with Crippen molar-refractivity contribution in [2.24, 2.45) is 0 Å². The van der Waals surface area contributed by atoms with Gasteiger partial charge in [-0.3, -0.25) is 9.97 Å². The van der Waals surface area contributed by atoms with Gasteiger partial charge in [-0.2, -0.15) is 12.6 Å². The van der Waals surface area contributed by atoms with Gasteiger partial charge in [-0.05, 0) is 17.7 Å². The minimum atomic E-state index is 0.743. The van der Waals surface area contributed by atoms with Crippen LogP contribution in [-0.2, 0) is 5.75 Å². The first-order valence-electron chi connectivity index (χ1n) is 3.70. The number of benzene rings is 1. The largest absolute Gasteiger partial charge is 0.253 e. The molecule has 0 saturated carbocycles. The maximum absolute atomic E-state index is 4.19. The number of fused-ring (bicyclic) bond motifs is 1. The highest BCUT2D eigenvalue weighted by atomic mass is 32.1. The summed E-state index contributed by atoms with van der Waals surface area (Å²) >= 11 is 4.19. The molecule has 0 spiro atoms. The summed E-state index contributed by atoms with van der Waals surface area (Å²) in [6.45, 7) is 0. The minimum Gasteiger partial charge on any atom is -0.253 e. The fourth-order valence-corrected chi connectivity index (χ4v) is 1.30. The zero-order valence-electron chi connectivity index (χ0n) is 6.44. The van der Waals surface area contributed by atoms with Crippen LogP contribution in [0.25, 0.3) is 11.0 Å². The lowest BCUT2D eigenvalue weighted by Crippen LogP contribution is -1.84. The van der Waals surface area contributed by atoms with Crippen LogP contribution in [0.2, 0.25) is 0 Å². The van der Waals surface area contributed by atoms with E-state index in [-0.39, 0.29) is 0 Å². The van der Waals surface area contributed by atoms with Crippen molar-refractivity contribution in [2.75, 3.05) is 0 Å². The molecular weight excluding hydrogens is 168 g/mol. The van der Waals surface area contributed by atoms with Crippen LogP contribution in [0.1, 0.15) is 5.56 Å². The second-order valence-electron chi connectivity index (χ2n) is 2.54.